The summed E-state index contributed by atoms with van der Waals surface area (Å²) in [6.45, 7) is -0.138. The maximum Gasteiger partial charge on any atom is 0.405 e. The molecule has 1 heterocycles. The molecule has 0 N–H and O–H groups in total. The number of benzene rings is 2. The Balaban J connectivity index is 1.92. The first-order valence-electron chi connectivity index (χ1n) is 8.25. The van der Waals surface area contributed by atoms with Gasteiger partial charge in [-0.1, -0.05) is 47.8 Å². The SMILES string of the molecule is O=S(=O)(c1ccc(-c2ccc(Cl)c(Cl)c2)cc1)N1CCCCC1C(F)(F)F. The Morgan fingerprint density at radius 3 is 2.15 bits per heavy atom. The molecule has 1 atom stereocenters. The van der Waals surface area contributed by atoms with Crippen molar-refractivity contribution in [2.24, 2.45) is 0 Å². The minimum atomic E-state index is -4.59. The fourth-order valence-electron chi connectivity index (χ4n) is 3.15. The minimum Gasteiger partial charge on any atom is -0.207 e. The van der Waals surface area contributed by atoms with Gasteiger partial charge >= 0.3 is 6.18 Å². The molecule has 2 aromatic rings. The Labute approximate surface area is 165 Å². The summed E-state index contributed by atoms with van der Waals surface area (Å²) in [4.78, 5) is -0.164. The third-order valence-corrected chi connectivity index (χ3v) is 7.21. The maximum absolute atomic E-state index is 13.3. The van der Waals surface area contributed by atoms with Crippen LogP contribution in [-0.2, 0) is 10.0 Å². The van der Waals surface area contributed by atoms with Gasteiger partial charge in [-0.15, -0.1) is 0 Å². The molecule has 0 radical (unpaired) electrons. The van der Waals surface area contributed by atoms with Crippen molar-refractivity contribution >= 4 is 33.2 Å². The second kappa shape index (κ2) is 7.62. The van der Waals surface area contributed by atoms with E-state index in [1.165, 1.54) is 12.1 Å². The molecule has 3 rings (SSSR count). The highest BCUT2D eigenvalue weighted by molar-refractivity contribution is 7.89. The number of hydrogen-bond donors (Lipinski definition) is 0. The van der Waals surface area contributed by atoms with E-state index in [1.54, 1.807) is 30.3 Å². The highest BCUT2D eigenvalue weighted by Gasteiger charge is 2.48. The van der Waals surface area contributed by atoms with Crippen LogP contribution in [0.15, 0.2) is 47.4 Å². The average molecular weight is 438 g/mol. The summed E-state index contributed by atoms with van der Waals surface area (Å²) >= 11 is 11.9. The smallest absolute Gasteiger partial charge is 0.207 e. The van der Waals surface area contributed by atoms with Gasteiger partial charge in [-0.3, -0.25) is 0 Å². The standard InChI is InChI=1S/C18H16Cl2F3NO2S/c19-15-9-6-13(11-16(15)20)12-4-7-14(8-5-12)27(25,26)24-10-2-1-3-17(24)18(21,22)23/h4-9,11,17H,1-3,10H2. The lowest BCUT2D eigenvalue weighted by Crippen LogP contribution is -2.51. The molecule has 0 bridgehead atoms. The zero-order valence-corrected chi connectivity index (χ0v) is 16.3. The Morgan fingerprint density at radius 1 is 0.926 bits per heavy atom. The van der Waals surface area contributed by atoms with Crippen molar-refractivity contribution in [1.82, 2.24) is 4.31 Å². The van der Waals surface area contributed by atoms with E-state index >= 15 is 0 Å². The average Bonchev–Trinajstić information content (AvgIpc) is 2.63. The summed E-state index contributed by atoms with van der Waals surface area (Å²) in [6.07, 6.45) is -4.04. The lowest BCUT2D eigenvalue weighted by molar-refractivity contribution is -0.177. The highest BCUT2D eigenvalue weighted by atomic mass is 35.5. The Morgan fingerprint density at radius 2 is 1.56 bits per heavy atom. The number of sulfonamides is 1. The summed E-state index contributed by atoms with van der Waals surface area (Å²) < 4.78 is 65.9. The van der Waals surface area contributed by atoms with Gasteiger partial charge in [0.25, 0.3) is 0 Å². The van der Waals surface area contributed by atoms with Gasteiger partial charge in [0.15, 0.2) is 0 Å². The van der Waals surface area contributed by atoms with Gasteiger partial charge in [-0.2, -0.15) is 17.5 Å². The summed E-state index contributed by atoms with van der Waals surface area (Å²) in [5.41, 5.74) is 1.40. The molecular weight excluding hydrogens is 422 g/mol. The predicted molar refractivity (Wildman–Crippen MR) is 99.5 cm³/mol. The largest absolute Gasteiger partial charge is 0.405 e. The predicted octanol–water partition coefficient (Wildman–Crippen LogP) is 5.77. The van der Waals surface area contributed by atoms with Crippen LogP contribution in [0.1, 0.15) is 19.3 Å². The van der Waals surface area contributed by atoms with Crippen molar-refractivity contribution < 1.29 is 21.6 Å². The molecule has 3 nitrogen and oxygen atoms in total. The second-order valence-corrected chi connectivity index (χ2v) is 9.03. The summed E-state index contributed by atoms with van der Waals surface area (Å²) in [6, 6.07) is 8.71. The van der Waals surface area contributed by atoms with Crippen LogP contribution < -0.4 is 0 Å². The number of nitrogens with zero attached hydrogens (tertiary/aromatic N) is 1. The van der Waals surface area contributed by atoms with E-state index in [9.17, 15) is 21.6 Å². The Kier molecular flexibility index (Phi) is 5.77. The first-order valence-corrected chi connectivity index (χ1v) is 10.4. The monoisotopic (exact) mass is 437 g/mol. The molecule has 0 aromatic heterocycles. The molecule has 9 heteroatoms. The third-order valence-electron chi connectivity index (χ3n) is 4.55. The van der Waals surface area contributed by atoms with Crippen molar-refractivity contribution in [2.45, 2.75) is 36.4 Å². The van der Waals surface area contributed by atoms with Gasteiger partial charge in [0.2, 0.25) is 10.0 Å². The molecule has 2 aromatic carbocycles. The highest BCUT2D eigenvalue weighted by Crippen LogP contribution is 2.36. The van der Waals surface area contributed by atoms with E-state index in [2.05, 4.69) is 0 Å². The molecule has 0 spiro atoms. The van der Waals surface area contributed by atoms with E-state index in [4.69, 9.17) is 23.2 Å². The molecule has 0 amide bonds. The number of piperidine rings is 1. The molecule has 0 aliphatic carbocycles. The number of rotatable bonds is 3. The molecule has 0 saturated carbocycles. The molecule has 1 unspecified atom stereocenters. The summed E-state index contributed by atoms with van der Waals surface area (Å²) in [7, 11) is -4.24. The van der Waals surface area contributed by atoms with Crippen molar-refractivity contribution in [2.75, 3.05) is 6.54 Å². The number of hydrogen-bond acceptors (Lipinski definition) is 2. The fraction of sp³-hybridized carbons (Fsp3) is 0.333. The Hall–Kier alpha value is -1.28. The van der Waals surface area contributed by atoms with Crippen LogP contribution >= 0.6 is 23.2 Å². The van der Waals surface area contributed by atoms with Crippen LogP contribution in [0.25, 0.3) is 11.1 Å². The number of alkyl halides is 3. The molecular formula is C18H16Cl2F3NO2S. The van der Waals surface area contributed by atoms with Gasteiger partial charge in [-0.25, -0.2) is 8.42 Å². The molecule has 1 aliphatic heterocycles. The lowest BCUT2D eigenvalue weighted by atomic mass is 10.0. The van der Waals surface area contributed by atoms with E-state index in [1.807, 2.05) is 0 Å². The van der Waals surface area contributed by atoms with E-state index in [0.29, 0.717) is 32.8 Å². The zero-order chi connectivity index (χ0) is 19.8. The first-order chi connectivity index (χ1) is 12.6. The topological polar surface area (TPSA) is 37.4 Å². The van der Waals surface area contributed by atoms with Gasteiger partial charge in [0, 0.05) is 6.54 Å². The first kappa shape index (κ1) is 20.5. The second-order valence-electron chi connectivity index (χ2n) is 6.32. The number of halogens is 5. The van der Waals surface area contributed by atoms with Gasteiger partial charge in [0.05, 0.1) is 14.9 Å². The van der Waals surface area contributed by atoms with Crippen LogP contribution in [0, 0.1) is 0 Å². The summed E-state index contributed by atoms with van der Waals surface area (Å²) in [5, 5.41) is 0.745. The lowest BCUT2D eigenvalue weighted by Gasteiger charge is -2.35. The molecule has 1 aliphatic rings. The van der Waals surface area contributed by atoms with Crippen molar-refractivity contribution in [3.05, 3.63) is 52.5 Å². The molecule has 1 fully saturated rings. The van der Waals surface area contributed by atoms with E-state index in [-0.39, 0.29) is 17.9 Å². The van der Waals surface area contributed by atoms with Crippen molar-refractivity contribution in [3.8, 4) is 11.1 Å². The minimum absolute atomic E-state index is 0.138. The quantitative estimate of drug-likeness (QED) is 0.611. The van der Waals surface area contributed by atoms with Crippen LogP contribution in [0.5, 0.6) is 0 Å². The van der Waals surface area contributed by atoms with Crippen LogP contribution in [-0.4, -0.2) is 31.5 Å². The van der Waals surface area contributed by atoms with Gasteiger partial charge in [-0.05, 0) is 48.2 Å². The van der Waals surface area contributed by atoms with Crippen molar-refractivity contribution in [3.63, 3.8) is 0 Å². The van der Waals surface area contributed by atoms with Crippen LogP contribution in [0.4, 0.5) is 13.2 Å². The maximum atomic E-state index is 13.3. The van der Waals surface area contributed by atoms with Gasteiger partial charge in [0.1, 0.15) is 6.04 Å². The van der Waals surface area contributed by atoms with Crippen molar-refractivity contribution in [1.29, 1.82) is 0 Å². The normalized spacial score (nSPS) is 19.2. The Bertz CT molecular complexity index is 931. The van der Waals surface area contributed by atoms with Crippen LogP contribution in [0.2, 0.25) is 10.0 Å². The summed E-state index contributed by atoms with van der Waals surface area (Å²) in [5.74, 6) is 0. The van der Waals surface area contributed by atoms with E-state index in [0.717, 1.165) is 5.56 Å². The molecule has 146 valence electrons. The molecule has 27 heavy (non-hydrogen) atoms. The van der Waals surface area contributed by atoms with Gasteiger partial charge < -0.3 is 0 Å². The van der Waals surface area contributed by atoms with E-state index < -0.39 is 22.2 Å². The zero-order valence-electron chi connectivity index (χ0n) is 14.0. The molecule has 1 saturated heterocycles. The van der Waals surface area contributed by atoms with Crippen LogP contribution in [0.3, 0.4) is 0 Å². The third kappa shape index (κ3) is 4.26. The fourth-order valence-corrected chi connectivity index (χ4v) is 5.13.